The Balaban J connectivity index is 1.86. The minimum atomic E-state index is -4.18. The summed E-state index contributed by atoms with van der Waals surface area (Å²) in [4.78, 5) is 13.2. The van der Waals surface area contributed by atoms with Crippen LogP contribution in [0.15, 0.2) is 18.3 Å². The number of alkyl halides is 3. The highest BCUT2D eigenvalue weighted by Gasteiger charge is 2.34. The smallest absolute Gasteiger partial charge is 0.347 e. The third-order valence-corrected chi connectivity index (χ3v) is 3.19. The summed E-state index contributed by atoms with van der Waals surface area (Å²) >= 11 is 0. The van der Waals surface area contributed by atoms with Gasteiger partial charge in [-0.2, -0.15) is 13.2 Å². The summed E-state index contributed by atoms with van der Waals surface area (Å²) in [5, 5.41) is 2.77. The lowest BCUT2D eigenvalue weighted by Crippen LogP contribution is -2.39. The SMILES string of the molecule is Cn1cccc1C(=O)NC1CCN(CC(F)(F)F)C1. The minimum Gasteiger partial charge on any atom is -0.347 e. The lowest BCUT2D eigenvalue weighted by atomic mass is 10.2. The number of likely N-dealkylation sites (tertiary alicyclic amines) is 1. The molecule has 0 spiro atoms. The van der Waals surface area contributed by atoms with Crippen LogP contribution >= 0.6 is 0 Å². The molecule has 7 heteroatoms. The maximum absolute atomic E-state index is 12.2. The van der Waals surface area contributed by atoms with Crippen LogP contribution in [0.5, 0.6) is 0 Å². The second-order valence-electron chi connectivity index (χ2n) is 4.81. The number of amides is 1. The van der Waals surface area contributed by atoms with Gasteiger partial charge in [-0.3, -0.25) is 9.69 Å². The average molecular weight is 275 g/mol. The molecule has 1 aliphatic rings. The van der Waals surface area contributed by atoms with Crippen molar-refractivity contribution in [2.75, 3.05) is 19.6 Å². The molecule has 1 saturated heterocycles. The average Bonchev–Trinajstić information content (AvgIpc) is 2.85. The molecule has 19 heavy (non-hydrogen) atoms. The summed E-state index contributed by atoms with van der Waals surface area (Å²) in [6, 6.07) is 3.21. The topological polar surface area (TPSA) is 37.3 Å². The number of carbonyl (C=O) groups is 1. The molecule has 1 fully saturated rings. The standard InChI is InChI=1S/C12H16F3N3O/c1-17-5-2-3-10(17)11(19)16-9-4-6-18(7-9)8-12(13,14)15/h2-3,5,9H,4,6-8H2,1H3,(H,16,19). The maximum Gasteiger partial charge on any atom is 0.401 e. The highest BCUT2D eigenvalue weighted by atomic mass is 19.4. The van der Waals surface area contributed by atoms with Gasteiger partial charge >= 0.3 is 6.18 Å². The lowest BCUT2D eigenvalue weighted by molar-refractivity contribution is -0.143. The number of hydrogen-bond donors (Lipinski definition) is 1. The summed E-state index contributed by atoms with van der Waals surface area (Å²) < 4.78 is 38.4. The molecule has 1 atom stereocenters. The number of hydrogen-bond acceptors (Lipinski definition) is 2. The van der Waals surface area contributed by atoms with Crippen molar-refractivity contribution in [3.8, 4) is 0 Å². The van der Waals surface area contributed by atoms with Crippen LogP contribution in [0.3, 0.4) is 0 Å². The largest absolute Gasteiger partial charge is 0.401 e. The second-order valence-corrected chi connectivity index (χ2v) is 4.81. The van der Waals surface area contributed by atoms with Gasteiger partial charge in [0.05, 0.1) is 6.54 Å². The van der Waals surface area contributed by atoms with Crippen LogP contribution in [0.25, 0.3) is 0 Å². The summed E-state index contributed by atoms with van der Waals surface area (Å²) in [6.07, 6.45) is -1.89. The van der Waals surface area contributed by atoms with Crippen molar-refractivity contribution in [2.45, 2.75) is 18.6 Å². The summed E-state index contributed by atoms with van der Waals surface area (Å²) in [5.74, 6) is -0.244. The molecule has 1 aromatic heterocycles. The summed E-state index contributed by atoms with van der Waals surface area (Å²) in [7, 11) is 1.75. The van der Waals surface area contributed by atoms with E-state index in [1.54, 1.807) is 29.9 Å². The Morgan fingerprint density at radius 2 is 2.26 bits per heavy atom. The molecule has 0 bridgehead atoms. The van der Waals surface area contributed by atoms with Crippen LogP contribution in [-0.4, -0.2) is 47.2 Å². The number of nitrogens with one attached hydrogen (secondary N) is 1. The molecule has 1 aromatic rings. The molecular weight excluding hydrogens is 259 g/mol. The van der Waals surface area contributed by atoms with Crippen LogP contribution in [-0.2, 0) is 7.05 Å². The zero-order valence-corrected chi connectivity index (χ0v) is 10.6. The van der Waals surface area contributed by atoms with Gasteiger partial charge in [0.2, 0.25) is 0 Å². The molecule has 1 aliphatic heterocycles. The van der Waals surface area contributed by atoms with Crippen LogP contribution in [0, 0.1) is 0 Å². The van der Waals surface area contributed by atoms with Crippen LogP contribution in [0.2, 0.25) is 0 Å². The Kier molecular flexibility index (Phi) is 3.84. The van der Waals surface area contributed by atoms with E-state index in [0.717, 1.165) is 0 Å². The van der Waals surface area contributed by atoms with E-state index in [2.05, 4.69) is 5.32 Å². The Hall–Kier alpha value is -1.50. The number of halogens is 3. The van der Waals surface area contributed by atoms with Crippen molar-refractivity contribution in [1.82, 2.24) is 14.8 Å². The monoisotopic (exact) mass is 275 g/mol. The van der Waals surface area contributed by atoms with Crippen molar-refractivity contribution in [3.05, 3.63) is 24.0 Å². The molecule has 0 radical (unpaired) electrons. The van der Waals surface area contributed by atoms with E-state index in [4.69, 9.17) is 0 Å². The highest BCUT2D eigenvalue weighted by Crippen LogP contribution is 2.20. The van der Waals surface area contributed by atoms with Gasteiger partial charge in [0.15, 0.2) is 0 Å². The first kappa shape index (κ1) is 13.9. The number of aromatic nitrogens is 1. The zero-order valence-electron chi connectivity index (χ0n) is 10.6. The van der Waals surface area contributed by atoms with Crippen molar-refractivity contribution < 1.29 is 18.0 Å². The van der Waals surface area contributed by atoms with Crippen molar-refractivity contribution in [3.63, 3.8) is 0 Å². The third-order valence-electron chi connectivity index (χ3n) is 3.19. The fourth-order valence-electron chi connectivity index (χ4n) is 2.30. The van der Waals surface area contributed by atoms with Crippen molar-refractivity contribution in [2.24, 2.45) is 7.05 Å². The van der Waals surface area contributed by atoms with Gasteiger partial charge in [-0.25, -0.2) is 0 Å². The maximum atomic E-state index is 12.2. The Morgan fingerprint density at radius 3 is 2.84 bits per heavy atom. The zero-order chi connectivity index (χ0) is 14.0. The number of nitrogens with zero attached hydrogens (tertiary/aromatic N) is 2. The van der Waals surface area contributed by atoms with Crippen molar-refractivity contribution >= 4 is 5.91 Å². The molecule has 1 amide bonds. The van der Waals surface area contributed by atoms with Gasteiger partial charge in [0.25, 0.3) is 5.91 Å². The minimum absolute atomic E-state index is 0.218. The van der Waals surface area contributed by atoms with E-state index in [0.29, 0.717) is 18.7 Å². The predicted octanol–water partition coefficient (Wildman–Crippen LogP) is 1.39. The van der Waals surface area contributed by atoms with Gasteiger partial charge in [-0.15, -0.1) is 0 Å². The Labute approximate surface area is 109 Å². The second kappa shape index (κ2) is 5.24. The van der Waals surface area contributed by atoms with Gasteiger partial charge in [-0.1, -0.05) is 0 Å². The van der Waals surface area contributed by atoms with E-state index < -0.39 is 12.7 Å². The van der Waals surface area contributed by atoms with E-state index in [-0.39, 0.29) is 18.5 Å². The van der Waals surface area contributed by atoms with Crippen LogP contribution in [0.4, 0.5) is 13.2 Å². The van der Waals surface area contributed by atoms with Crippen LogP contribution < -0.4 is 5.32 Å². The normalized spacial score (nSPS) is 20.7. The Bertz CT molecular complexity index is 455. The molecule has 2 rings (SSSR count). The van der Waals surface area contributed by atoms with E-state index in [1.165, 1.54) is 4.90 Å². The first-order chi connectivity index (χ1) is 8.85. The molecule has 2 heterocycles. The number of aryl methyl sites for hydroxylation is 1. The highest BCUT2D eigenvalue weighted by molar-refractivity contribution is 5.92. The first-order valence-corrected chi connectivity index (χ1v) is 6.06. The number of carbonyl (C=O) groups excluding carboxylic acids is 1. The first-order valence-electron chi connectivity index (χ1n) is 6.06. The fourth-order valence-corrected chi connectivity index (χ4v) is 2.30. The fraction of sp³-hybridized carbons (Fsp3) is 0.583. The molecule has 0 aliphatic carbocycles. The van der Waals surface area contributed by atoms with E-state index in [9.17, 15) is 18.0 Å². The van der Waals surface area contributed by atoms with Crippen LogP contribution in [0.1, 0.15) is 16.9 Å². The Morgan fingerprint density at radius 1 is 1.53 bits per heavy atom. The lowest BCUT2D eigenvalue weighted by Gasteiger charge is -2.18. The molecule has 1 N–H and O–H groups in total. The molecule has 1 unspecified atom stereocenters. The van der Waals surface area contributed by atoms with Gasteiger partial charge < -0.3 is 9.88 Å². The predicted molar refractivity (Wildman–Crippen MR) is 63.8 cm³/mol. The van der Waals surface area contributed by atoms with Gasteiger partial charge in [0.1, 0.15) is 5.69 Å². The molecule has 0 saturated carbocycles. The molecule has 4 nitrogen and oxygen atoms in total. The summed E-state index contributed by atoms with van der Waals surface area (Å²) in [6.45, 7) is -0.309. The number of rotatable bonds is 3. The summed E-state index contributed by atoms with van der Waals surface area (Å²) in [5.41, 5.74) is 0.509. The third kappa shape index (κ3) is 3.73. The molecule has 0 aromatic carbocycles. The van der Waals surface area contributed by atoms with Gasteiger partial charge in [-0.05, 0) is 18.6 Å². The molecular formula is C12H16F3N3O. The van der Waals surface area contributed by atoms with Crippen molar-refractivity contribution in [1.29, 1.82) is 0 Å². The molecule has 106 valence electrons. The van der Waals surface area contributed by atoms with E-state index in [1.807, 2.05) is 0 Å². The van der Waals surface area contributed by atoms with E-state index >= 15 is 0 Å². The quantitative estimate of drug-likeness (QED) is 0.905. The van der Waals surface area contributed by atoms with Gasteiger partial charge in [0, 0.05) is 32.4 Å².